The fourth-order valence-corrected chi connectivity index (χ4v) is 3.68. The Morgan fingerprint density at radius 2 is 1.95 bits per heavy atom. The van der Waals surface area contributed by atoms with Crippen LogP contribution in [0.1, 0.15) is 68.4 Å². The number of piperidine rings is 1. The summed E-state index contributed by atoms with van der Waals surface area (Å²) in [6, 6.07) is 0.399. The van der Waals surface area contributed by atoms with Gasteiger partial charge in [-0.25, -0.2) is 4.68 Å². The van der Waals surface area contributed by atoms with Gasteiger partial charge in [-0.15, -0.1) is 5.10 Å². The molecule has 1 aliphatic heterocycles. The fourth-order valence-electron chi connectivity index (χ4n) is 3.68. The predicted octanol–water partition coefficient (Wildman–Crippen LogP) is 2.60. The van der Waals surface area contributed by atoms with Crippen LogP contribution in [-0.4, -0.2) is 33.9 Å². The summed E-state index contributed by atoms with van der Waals surface area (Å²) >= 11 is 0. The number of nitrogens with zero attached hydrogens (tertiary/aromatic N) is 3. The number of aromatic nitrogens is 3. The van der Waals surface area contributed by atoms with Gasteiger partial charge in [-0.2, -0.15) is 0 Å². The number of hydrogen-bond acceptors (Lipinski definition) is 4. The molecule has 0 unspecified atom stereocenters. The highest BCUT2D eigenvalue weighted by molar-refractivity contribution is 5.95. The third-order valence-electron chi connectivity index (χ3n) is 5.24. The minimum atomic E-state index is 0.172. The molecule has 1 saturated heterocycles. The van der Waals surface area contributed by atoms with Crippen LogP contribution < -0.4 is 5.32 Å². The first-order valence-electron chi connectivity index (χ1n) is 8.44. The Hall–Kier alpha value is -1.23. The van der Waals surface area contributed by atoms with E-state index >= 15 is 0 Å². The molecule has 1 saturated carbocycles. The van der Waals surface area contributed by atoms with Crippen molar-refractivity contribution in [2.24, 2.45) is 11.8 Å². The molecule has 0 radical (unpaired) electrons. The van der Waals surface area contributed by atoms with Crippen LogP contribution in [0.4, 0.5) is 0 Å². The first-order valence-corrected chi connectivity index (χ1v) is 8.44. The van der Waals surface area contributed by atoms with Crippen molar-refractivity contribution in [3.63, 3.8) is 0 Å². The molecule has 2 aliphatic rings. The van der Waals surface area contributed by atoms with Crippen LogP contribution in [-0.2, 0) is 0 Å². The topological polar surface area (TPSA) is 59.8 Å². The minimum Gasteiger partial charge on any atom is -0.317 e. The molecule has 3 rings (SSSR count). The van der Waals surface area contributed by atoms with E-state index < -0.39 is 0 Å². The maximum atomic E-state index is 12.6. The summed E-state index contributed by atoms with van der Waals surface area (Å²) < 4.78 is 1.91. The highest BCUT2D eigenvalue weighted by Gasteiger charge is 2.28. The molecule has 1 aliphatic carbocycles. The number of carbonyl (C=O) groups excluding carboxylic acids is 1. The Morgan fingerprint density at radius 3 is 2.62 bits per heavy atom. The number of nitrogens with one attached hydrogen (secondary N) is 1. The Morgan fingerprint density at radius 1 is 1.24 bits per heavy atom. The molecule has 1 aromatic heterocycles. The van der Waals surface area contributed by atoms with Gasteiger partial charge >= 0.3 is 0 Å². The monoisotopic (exact) mass is 290 g/mol. The first-order chi connectivity index (χ1) is 10.3. The molecule has 0 atom stereocenters. The highest BCUT2D eigenvalue weighted by Crippen LogP contribution is 2.32. The maximum absolute atomic E-state index is 12.6. The summed E-state index contributed by atoms with van der Waals surface area (Å²) in [6.45, 7) is 4.29. The minimum absolute atomic E-state index is 0.172. The van der Waals surface area contributed by atoms with Crippen LogP contribution in [0.2, 0.25) is 0 Å². The second kappa shape index (κ2) is 6.69. The lowest BCUT2D eigenvalue weighted by molar-refractivity contribution is 0.0865. The standard InChI is InChI=1S/C16H26N4O/c1-2-12-3-5-13(6-4-12)16(21)15-11-20(19-18-15)14-7-9-17-10-8-14/h11-14,17H,2-10H2,1H3. The van der Waals surface area contributed by atoms with Gasteiger partial charge in [0.05, 0.1) is 12.2 Å². The highest BCUT2D eigenvalue weighted by atomic mass is 16.1. The summed E-state index contributed by atoms with van der Waals surface area (Å²) in [7, 11) is 0. The molecule has 0 spiro atoms. The summed E-state index contributed by atoms with van der Waals surface area (Å²) in [5, 5.41) is 11.7. The van der Waals surface area contributed by atoms with E-state index in [-0.39, 0.29) is 11.7 Å². The molecule has 0 aromatic carbocycles. The molecule has 5 heteroatoms. The normalized spacial score (nSPS) is 27.7. The lowest BCUT2D eigenvalue weighted by Gasteiger charge is -2.26. The molecule has 116 valence electrons. The van der Waals surface area contributed by atoms with E-state index in [1.807, 2.05) is 10.9 Å². The predicted molar refractivity (Wildman–Crippen MR) is 81.2 cm³/mol. The van der Waals surface area contributed by atoms with E-state index in [0.29, 0.717) is 11.7 Å². The van der Waals surface area contributed by atoms with Crippen molar-refractivity contribution in [1.82, 2.24) is 20.3 Å². The van der Waals surface area contributed by atoms with Gasteiger partial charge in [0.2, 0.25) is 0 Å². The van der Waals surface area contributed by atoms with E-state index in [2.05, 4.69) is 22.6 Å². The molecule has 5 nitrogen and oxygen atoms in total. The fraction of sp³-hybridized carbons (Fsp3) is 0.812. The number of hydrogen-bond donors (Lipinski definition) is 1. The number of ketones is 1. The second-order valence-electron chi connectivity index (χ2n) is 6.56. The maximum Gasteiger partial charge on any atom is 0.187 e. The lowest BCUT2D eigenvalue weighted by Crippen LogP contribution is -2.29. The van der Waals surface area contributed by atoms with Crippen molar-refractivity contribution < 1.29 is 4.79 Å². The van der Waals surface area contributed by atoms with Crippen LogP contribution in [0.15, 0.2) is 6.20 Å². The zero-order valence-corrected chi connectivity index (χ0v) is 12.9. The molecule has 21 heavy (non-hydrogen) atoms. The van der Waals surface area contributed by atoms with Crippen LogP contribution in [0, 0.1) is 11.8 Å². The van der Waals surface area contributed by atoms with E-state index in [0.717, 1.165) is 44.7 Å². The smallest absolute Gasteiger partial charge is 0.187 e. The summed E-state index contributed by atoms with van der Waals surface area (Å²) in [5.74, 6) is 1.20. The van der Waals surface area contributed by atoms with E-state index in [1.54, 1.807) is 0 Å². The molecule has 1 N–H and O–H groups in total. The van der Waals surface area contributed by atoms with Crippen molar-refractivity contribution in [2.75, 3.05) is 13.1 Å². The number of carbonyl (C=O) groups is 1. The van der Waals surface area contributed by atoms with Crippen LogP contribution in [0.25, 0.3) is 0 Å². The first kappa shape index (κ1) is 14.7. The van der Waals surface area contributed by atoms with Gasteiger partial charge < -0.3 is 5.32 Å². The van der Waals surface area contributed by atoms with Crippen molar-refractivity contribution >= 4 is 5.78 Å². The molecular formula is C16H26N4O. The SMILES string of the molecule is CCC1CCC(C(=O)c2cn(C3CCNCC3)nn2)CC1. The number of Topliss-reactive ketones (excluding diaryl/α,β-unsaturated/α-hetero) is 1. The van der Waals surface area contributed by atoms with Crippen LogP contribution in [0.3, 0.4) is 0 Å². The average Bonchev–Trinajstić information content (AvgIpc) is 3.05. The summed E-state index contributed by atoms with van der Waals surface area (Å²) in [5.41, 5.74) is 0.577. The molecule has 2 fully saturated rings. The van der Waals surface area contributed by atoms with Gasteiger partial charge in [-0.1, -0.05) is 18.6 Å². The largest absolute Gasteiger partial charge is 0.317 e. The van der Waals surface area contributed by atoms with Gasteiger partial charge in [0.1, 0.15) is 5.69 Å². The van der Waals surface area contributed by atoms with E-state index in [4.69, 9.17) is 0 Å². The molecule has 0 amide bonds. The Kier molecular flexibility index (Phi) is 4.68. The second-order valence-corrected chi connectivity index (χ2v) is 6.56. The van der Waals surface area contributed by atoms with Gasteiger partial charge in [0.15, 0.2) is 5.78 Å². The number of rotatable bonds is 4. The van der Waals surface area contributed by atoms with E-state index in [9.17, 15) is 4.79 Å². The zero-order chi connectivity index (χ0) is 14.7. The van der Waals surface area contributed by atoms with Crippen molar-refractivity contribution in [2.45, 2.75) is 57.9 Å². The Bertz CT molecular complexity index is 470. The van der Waals surface area contributed by atoms with Crippen LogP contribution >= 0.6 is 0 Å². The van der Waals surface area contributed by atoms with Crippen LogP contribution in [0.5, 0.6) is 0 Å². The van der Waals surface area contributed by atoms with E-state index in [1.165, 1.54) is 19.3 Å². The Balaban J connectivity index is 1.61. The molecule has 0 bridgehead atoms. The third kappa shape index (κ3) is 3.34. The quantitative estimate of drug-likeness (QED) is 0.866. The Labute approximate surface area is 126 Å². The molecular weight excluding hydrogens is 264 g/mol. The summed E-state index contributed by atoms with van der Waals surface area (Å²) in [6.07, 6.45) is 9.69. The van der Waals surface area contributed by atoms with Gasteiger partial charge in [0, 0.05) is 5.92 Å². The molecule has 2 heterocycles. The summed E-state index contributed by atoms with van der Waals surface area (Å²) in [4.78, 5) is 12.6. The average molecular weight is 290 g/mol. The molecule has 1 aromatic rings. The van der Waals surface area contributed by atoms with Crippen molar-refractivity contribution in [3.05, 3.63) is 11.9 Å². The van der Waals surface area contributed by atoms with Gasteiger partial charge in [-0.3, -0.25) is 4.79 Å². The van der Waals surface area contributed by atoms with Gasteiger partial charge in [0.25, 0.3) is 0 Å². The lowest BCUT2D eigenvalue weighted by atomic mass is 9.78. The van der Waals surface area contributed by atoms with Crippen molar-refractivity contribution in [3.8, 4) is 0 Å². The van der Waals surface area contributed by atoms with Gasteiger partial charge in [-0.05, 0) is 57.5 Å². The third-order valence-corrected chi connectivity index (χ3v) is 5.24. The zero-order valence-electron chi connectivity index (χ0n) is 12.9. The van der Waals surface area contributed by atoms with Crippen molar-refractivity contribution in [1.29, 1.82) is 0 Å².